The number of hydrogen-bond acceptors (Lipinski definition) is 3. The molecule has 2 N–H and O–H groups in total. The van der Waals surface area contributed by atoms with Crippen molar-refractivity contribution in [3.63, 3.8) is 0 Å². The zero-order chi connectivity index (χ0) is 15.2. The Kier molecular flexibility index (Phi) is 5.23. The summed E-state index contributed by atoms with van der Waals surface area (Å²) in [6.07, 6.45) is 1.000. The maximum absolute atomic E-state index is 10.00. The summed E-state index contributed by atoms with van der Waals surface area (Å²) < 4.78 is 5.10. The molecule has 0 aromatic heterocycles. The lowest BCUT2D eigenvalue weighted by atomic mass is 10.0. The number of aromatic hydroxyl groups is 1. The van der Waals surface area contributed by atoms with E-state index in [1.807, 2.05) is 12.1 Å². The number of benzene rings is 2. The number of phenols is 1. The fourth-order valence-electron chi connectivity index (χ4n) is 2.35. The van der Waals surface area contributed by atoms with Crippen LogP contribution in [0.3, 0.4) is 0 Å². The van der Waals surface area contributed by atoms with E-state index in [4.69, 9.17) is 4.74 Å². The van der Waals surface area contributed by atoms with Crippen molar-refractivity contribution in [2.24, 2.45) is 0 Å². The van der Waals surface area contributed by atoms with Crippen LogP contribution in [0.25, 0.3) is 0 Å². The van der Waals surface area contributed by atoms with E-state index in [0.717, 1.165) is 12.0 Å². The minimum absolute atomic E-state index is 0.264. The van der Waals surface area contributed by atoms with Gasteiger partial charge in [0.1, 0.15) is 11.5 Å². The van der Waals surface area contributed by atoms with E-state index >= 15 is 0 Å². The number of nitrogens with one attached hydrogen (secondary N) is 1. The molecular formula is C18H23NO2. The molecule has 1 atom stereocenters. The van der Waals surface area contributed by atoms with Crippen LogP contribution in [0.5, 0.6) is 11.5 Å². The monoisotopic (exact) mass is 285 g/mol. The maximum atomic E-state index is 10.00. The third-order valence-corrected chi connectivity index (χ3v) is 3.72. The molecule has 3 heteroatoms. The Hall–Kier alpha value is -2.00. The van der Waals surface area contributed by atoms with Gasteiger partial charge in [-0.25, -0.2) is 0 Å². The second-order valence-corrected chi connectivity index (χ2v) is 5.25. The van der Waals surface area contributed by atoms with Crippen LogP contribution in [-0.2, 0) is 6.54 Å². The van der Waals surface area contributed by atoms with Crippen molar-refractivity contribution in [1.82, 2.24) is 5.32 Å². The first kappa shape index (κ1) is 15.4. The van der Waals surface area contributed by atoms with E-state index < -0.39 is 0 Å². The SMILES string of the molecule is CCC(NCc1ccc(OC)cc1O)c1ccc(C)cc1. The van der Waals surface area contributed by atoms with E-state index in [2.05, 4.69) is 43.4 Å². The van der Waals surface area contributed by atoms with Crippen LogP contribution < -0.4 is 10.1 Å². The smallest absolute Gasteiger partial charge is 0.123 e. The molecule has 0 spiro atoms. The maximum Gasteiger partial charge on any atom is 0.123 e. The molecule has 2 rings (SSSR count). The molecule has 2 aromatic rings. The Labute approximate surface area is 126 Å². The van der Waals surface area contributed by atoms with Gasteiger partial charge in [0.2, 0.25) is 0 Å². The van der Waals surface area contributed by atoms with Crippen molar-refractivity contribution in [3.8, 4) is 11.5 Å². The lowest BCUT2D eigenvalue weighted by Gasteiger charge is -2.18. The molecule has 0 saturated carbocycles. The molecule has 3 nitrogen and oxygen atoms in total. The molecule has 0 amide bonds. The Balaban J connectivity index is 2.04. The summed E-state index contributed by atoms with van der Waals surface area (Å²) in [7, 11) is 1.59. The van der Waals surface area contributed by atoms with Crippen LogP contribution in [0.2, 0.25) is 0 Å². The number of rotatable bonds is 6. The zero-order valence-electron chi connectivity index (χ0n) is 12.9. The highest BCUT2D eigenvalue weighted by Crippen LogP contribution is 2.24. The second kappa shape index (κ2) is 7.14. The molecule has 0 aliphatic carbocycles. The van der Waals surface area contributed by atoms with Crippen molar-refractivity contribution in [2.75, 3.05) is 7.11 Å². The highest BCUT2D eigenvalue weighted by molar-refractivity contribution is 5.39. The van der Waals surface area contributed by atoms with Gasteiger partial charge in [-0.3, -0.25) is 0 Å². The van der Waals surface area contributed by atoms with Crippen molar-refractivity contribution < 1.29 is 9.84 Å². The van der Waals surface area contributed by atoms with E-state index in [9.17, 15) is 5.11 Å². The van der Waals surface area contributed by atoms with Gasteiger partial charge in [0.15, 0.2) is 0 Å². The van der Waals surface area contributed by atoms with Crippen molar-refractivity contribution in [2.45, 2.75) is 32.9 Å². The Bertz CT molecular complexity index is 578. The van der Waals surface area contributed by atoms with E-state index in [-0.39, 0.29) is 11.8 Å². The first-order chi connectivity index (χ1) is 10.1. The zero-order valence-corrected chi connectivity index (χ0v) is 12.9. The number of hydrogen-bond donors (Lipinski definition) is 2. The van der Waals surface area contributed by atoms with Gasteiger partial charge < -0.3 is 15.2 Å². The lowest BCUT2D eigenvalue weighted by molar-refractivity contribution is 0.405. The van der Waals surface area contributed by atoms with Gasteiger partial charge in [0.25, 0.3) is 0 Å². The van der Waals surface area contributed by atoms with E-state index in [1.165, 1.54) is 11.1 Å². The third-order valence-electron chi connectivity index (χ3n) is 3.72. The van der Waals surface area contributed by atoms with Crippen LogP contribution in [0.4, 0.5) is 0 Å². The minimum atomic E-state index is 0.264. The van der Waals surface area contributed by atoms with Gasteiger partial charge in [-0.1, -0.05) is 42.8 Å². The van der Waals surface area contributed by atoms with Gasteiger partial charge in [-0.2, -0.15) is 0 Å². The average molecular weight is 285 g/mol. The summed E-state index contributed by atoms with van der Waals surface area (Å²) >= 11 is 0. The predicted molar refractivity (Wildman–Crippen MR) is 85.7 cm³/mol. The van der Waals surface area contributed by atoms with Gasteiger partial charge in [-0.15, -0.1) is 0 Å². The van der Waals surface area contributed by atoms with E-state index in [1.54, 1.807) is 13.2 Å². The Morgan fingerprint density at radius 1 is 1.14 bits per heavy atom. The molecule has 0 bridgehead atoms. The molecule has 0 aliphatic heterocycles. The quantitative estimate of drug-likeness (QED) is 0.844. The summed E-state index contributed by atoms with van der Waals surface area (Å²) in [5.74, 6) is 0.933. The molecular weight excluding hydrogens is 262 g/mol. The fourth-order valence-corrected chi connectivity index (χ4v) is 2.35. The molecule has 2 aromatic carbocycles. The lowest BCUT2D eigenvalue weighted by Crippen LogP contribution is -2.20. The van der Waals surface area contributed by atoms with E-state index in [0.29, 0.717) is 12.3 Å². The number of aryl methyl sites for hydroxylation is 1. The average Bonchev–Trinajstić information content (AvgIpc) is 2.50. The summed E-state index contributed by atoms with van der Waals surface area (Å²) in [6.45, 7) is 4.88. The predicted octanol–water partition coefficient (Wildman–Crippen LogP) is 3.95. The normalized spacial score (nSPS) is 12.1. The highest BCUT2D eigenvalue weighted by Gasteiger charge is 2.10. The molecule has 0 saturated heterocycles. The molecule has 0 fully saturated rings. The molecule has 0 aliphatic rings. The molecule has 21 heavy (non-hydrogen) atoms. The first-order valence-electron chi connectivity index (χ1n) is 7.30. The van der Waals surface area contributed by atoms with Gasteiger partial charge in [0, 0.05) is 24.2 Å². The minimum Gasteiger partial charge on any atom is -0.507 e. The van der Waals surface area contributed by atoms with Crippen LogP contribution >= 0.6 is 0 Å². The largest absolute Gasteiger partial charge is 0.507 e. The second-order valence-electron chi connectivity index (χ2n) is 5.25. The Morgan fingerprint density at radius 2 is 1.86 bits per heavy atom. The van der Waals surface area contributed by atoms with Crippen LogP contribution in [-0.4, -0.2) is 12.2 Å². The summed E-state index contributed by atoms with van der Waals surface area (Å²) in [5, 5.41) is 13.5. The summed E-state index contributed by atoms with van der Waals surface area (Å²) in [6, 6.07) is 14.3. The number of phenolic OH excluding ortho intramolecular Hbond substituents is 1. The molecule has 112 valence electrons. The van der Waals surface area contributed by atoms with Crippen molar-refractivity contribution in [3.05, 3.63) is 59.2 Å². The highest BCUT2D eigenvalue weighted by atomic mass is 16.5. The Morgan fingerprint density at radius 3 is 2.43 bits per heavy atom. The third kappa shape index (κ3) is 3.99. The summed E-state index contributed by atoms with van der Waals surface area (Å²) in [5.41, 5.74) is 3.42. The standard InChI is InChI=1S/C18H23NO2/c1-4-17(14-7-5-13(2)6-8-14)19-12-15-9-10-16(21-3)11-18(15)20/h5-11,17,19-20H,4,12H2,1-3H3. The topological polar surface area (TPSA) is 41.5 Å². The van der Waals surface area contributed by atoms with Crippen molar-refractivity contribution >= 4 is 0 Å². The van der Waals surface area contributed by atoms with Crippen LogP contribution in [0.15, 0.2) is 42.5 Å². The first-order valence-corrected chi connectivity index (χ1v) is 7.30. The van der Waals surface area contributed by atoms with Gasteiger partial charge in [0.05, 0.1) is 7.11 Å². The van der Waals surface area contributed by atoms with Gasteiger partial charge in [-0.05, 0) is 25.0 Å². The van der Waals surface area contributed by atoms with Crippen LogP contribution in [0.1, 0.15) is 36.1 Å². The number of methoxy groups -OCH3 is 1. The van der Waals surface area contributed by atoms with Crippen molar-refractivity contribution in [1.29, 1.82) is 0 Å². The van der Waals surface area contributed by atoms with Crippen LogP contribution in [0, 0.1) is 6.92 Å². The van der Waals surface area contributed by atoms with Gasteiger partial charge >= 0.3 is 0 Å². The fraction of sp³-hybridized carbons (Fsp3) is 0.333. The molecule has 0 radical (unpaired) electrons. The molecule has 0 heterocycles. The summed E-state index contributed by atoms with van der Waals surface area (Å²) in [4.78, 5) is 0. The number of ether oxygens (including phenoxy) is 1. The molecule has 1 unspecified atom stereocenters.